The second-order valence-electron chi connectivity index (χ2n) is 7.61. The molecule has 164 valence electrons. The van der Waals surface area contributed by atoms with Gasteiger partial charge in [-0.1, -0.05) is 18.5 Å². The summed E-state index contributed by atoms with van der Waals surface area (Å²) in [5.41, 5.74) is 3.39. The molecule has 0 amide bonds. The summed E-state index contributed by atoms with van der Waals surface area (Å²) in [6.45, 7) is 4.07. The first kappa shape index (κ1) is 20.0. The normalized spacial score (nSPS) is 14.9. The molecule has 11 heteroatoms. The van der Waals surface area contributed by atoms with Gasteiger partial charge in [-0.25, -0.2) is 15.0 Å². The third-order valence-corrected chi connectivity index (χ3v) is 6.74. The van der Waals surface area contributed by atoms with Crippen molar-refractivity contribution >= 4 is 34.4 Å². The van der Waals surface area contributed by atoms with Crippen molar-refractivity contribution in [3.8, 4) is 27.8 Å². The van der Waals surface area contributed by atoms with Gasteiger partial charge in [0.2, 0.25) is 0 Å². The Hall–Kier alpha value is -3.63. The molecule has 1 unspecified atom stereocenters. The number of aryl methyl sites for hydroxylation is 1. The smallest absolute Gasteiger partial charge is 0.165 e. The maximum atomic E-state index is 6.18. The van der Waals surface area contributed by atoms with Crippen LogP contribution < -0.4 is 4.90 Å². The fraction of sp³-hybridized carbons (Fsp3) is 0.182. The van der Waals surface area contributed by atoms with Crippen molar-refractivity contribution in [1.29, 1.82) is 0 Å². The molecule has 9 nitrogen and oxygen atoms in total. The Morgan fingerprint density at radius 3 is 2.73 bits per heavy atom. The van der Waals surface area contributed by atoms with E-state index in [1.807, 2.05) is 47.3 Å². The molecule has 0 saturated heterocycles. The number of aromatic nitrogens is 8. The summed E-state index contributed by atoms with van der Waals surface area (Å²) in [5.74, 6) is 3.00. The van der Waals surface area contributed by atoms with Gasteiger partial charge in [0.05, 0.1) is 24.0 Å². The van der Waals surface area contributed by atoms with Crippen LogP contribution in [0.25, 0.3) is 27.8 Å². The number of nitrogens with one attached hydrogen (secondary N) is 1. The second-order valence-corrected chi connectivity index (χ2v) is 8.94. The summed E-state index contributed by atoms with van der Waals surface area (Å²) < 4.78 is 2.04. The van der Waals surface area contributed by atoms with Gasteiger partial charge in [0.15, 0.2) is 17.5 Å². The van der Waals surface area contributed by atoms with E-state index in [4.69, 9.17) is 21.6 Å². The number of H-pyrrole nitrogens is 1. The van der Waals surface area contributed by atoms with Crippen LogP contribution in [0.15, 0.2) is 48.2 Å². The van der Waals surface area contributed by atoms with Crippen molar-refractivity contribution < 1.29 is 0 Å². The predicted octanol–water partition coefficient (Wildman–Crippen LogP) is 5.14. The number of hydrogen-bond acceptors (Lipinski definition) is 8. The molecule has 1 aromatic carbocycles. The van der Waals surface area contributed by atoms with E-state index >= 15 is 0 Å². The van der Waals surface area contributed by atoms with E-state index in [1.165, 1.54) is 11.3 Å². The van der Waals surface area contributed by atoms with Gasteiger partial charge < -0.3 is 4.90 Å². The Labute approximate surface area is 198 Å². The zero-order chi connectivity index (χ0) is 22.5. The first-order valence-electron chi connectivity index (χ1n) is 10.4. The molecule has 6 rings (SSSR count). The molecule has 1 aliphatic heterocycles. The van der Waals surface area contributed by atoms with Crippen LogP contribution in [0.1, 0.15) is 31.0 Å². The maximum Gasteiger partial charge on any atom is 0.165 e. The van der Waals surface area contributed by atoms with Gasteiger partial charge >= 0.3 is 0 Å². The molecule has 0 spiro atoms. The summed E-state index contributed by atoms with van der Waals surface area (Å²) in [6, 6.07) is 7.70. The highest BCUT2D eigenvalue weighted by molar-refractivity contribution is 7.13. The molecule has 0 saturated carbocycles. The van der Waals surface area contributed by atoms with E-state index in [2.05, 4.69) is 37.2 Å². The van der Waals surface area contributed by atoms with Crippen molar-refractivity contribution in [1.82, 2.24) is 39.9 Å². The number of rotatable bonds is 4. The Morgan fingerprint density at radius 1 is 1.12 bits per heavy atom. The molecule has 5 heterocycles. The van der Waals surface area contributed by atoms with Crippen molar-refractivity contribution in [2.24, 2.45) is 0 Å². The average molecular weight is 476 g/mol. The number of hydrogen-bond donors (Lipinski definition) is 1. The number of nitrogens with zero attached hydrogens (tertiary/aromatic N) is 8. The van der Waals surface area contributed by atoms with E-state index in [9.17, 15) is 0 Å². The summed E-state index contributed by atoms with van der Waals surface area (Å²) >= 11 is 7.71. The van der Waals surface area contributed by atoms with Gasteiger partial charge in [0, 0.05) is 22.3 Å². The minimum Gasteiger partial charge on any atom is -0.314 e. The van der Waals surface area contributed by atoms with E-state index in [1.54, 1.807) is 12.4 Å². The zero-order valence-corrected chi connectivity index (χ0v) is 19.3. The first-order valence-corrected chi connectivity index (χ1v) is 11.7. The number of thiazole rings is 1. The van der Waals surface area contributed by atoms with Gasteiger partial charge in [-0.2, -0.15) is 5.10 Å². The third kappa shape index (κ3) is 3.13. The fourth-order valence-electron chi connectivity index (χ4n) is 4.22. The third-order valence-electron chi connectivity index (χ3n) is 5.70. The number of halogens is 1. The van der Waals surface area contributed by atoms with Gasteiger partial charge in [0.25, 0.3) is 0 Å². The van der Waals surface area contributed by atoms with E-state index in [0.717, 1.165) is 51.5 Å². The van der Waals surface area contributed by atoms with Crippen LogP contribution in [-0.4, -0.2) is 39.9 Å². The molecule has 1 aliphatic rings. The Morgan fingerprint density at radius 2 is 1.97 bits per heavy atom. The lowest BCUT2D eigenvalue weighted by Gasteiger charge is -2.37. The molecule has 0 aliphatic carbocycles. The van der Waals surface area contributed by atoms with Crippen molar-refractivity contribution in [3.05, 3.63) is 64.9 Å². The zero-order valence-electron chi connectivity index (χ0n) is 17.8. The highest BCUT2D eigenvalue weighted by Gasteiger charge is 2.36. The fourth-order valence-corrected chi connectivity index (χ4v) is 4.99. The summed E-state index contributed by atoms with van der Waals surface area (Å²) in [6.07, 6.45) is 6.14. The van der Waals surface area contributed by atoms with Crippen LogP contribution in [-0.2, 0) is 0 Å². The van der Waals surface area contributed by atoms with Crippen LogP contribution in [0.3, 0.4) is 0 Å². The lowest BCUT2D eigenvalue weighted by molar-refractivity contribution is 0.588. The first-order chi connectivity index (χ1) is 16.2. The average Bonchev–Trinajstić information content (AvgIpc) is 3.59. The monoisotopic (exact) mass is 475 g/mol. The topological polar surface area (TPSA) is 101 Å². The highest BCUT2D eigenvalue weighted by Crippen LogP contribution is 2.44. The van der Waals surface area contributed by atoms with Crippen molar-refractivity contribution in [3.63, 3.8) is 0 Å². The minimum atomic E-state index is -0.0505. The standard InChI is InChI=1S/C22H18ClN9S/c1-3-16-21-30-28-12(2)31(21)17-11-25-19(15-10-26-29-18(15)22-24-8-9-33-22)27-20(17)32(16)14-6-4-13(23)5-7-14/h4-11,16H,3H2,1-2H3,(H,26,29). The Balaban J connectivity index is 1.58. The van der Waals surface area contributed by atoms with Gasteiger partial charge in [-0.05, 0) is 37.6 Å². The number of fused-ring (bicyclic) bond motifs is 3. The van der Waals surface area contributed by atoms with Crippen LogP contribution in [0.4, 0.5) is 11.5 Å². The molecule has 0 bridgehead atoms. The summed E-state index contributed by atoms with van der Waals surface area (Å²) in [7, 11) is 0. The van der Waals surface area contributed by atoms with Gasteiger partial charge in [-0.15, -0.1) is 21.5 Å². The molecular formula is C22H18ClN9S. The van der Waals surface area contributed by atoms with E-state index < -0.39 is 0 Å². The molecule has 4 aromatic heterocycles. The van der Waals surface area contributed by atoms with Crippen LogP contribution in [0.5, 0.6) is 0 Å². The van der Waals surface area contributed by atoms with E-state index in [0.29, 0.717) is 10.8 Å². The highest BCUT2D eigenvalue weighted by atomic mass is 35.5. The van der Waals surface area contributed by atoms with Crippen LogP contribution in [0, 0.1) is 6.92 Å². The number of aromatic amines is 1. The predicted molar refractivity (Wildman–Crippen MR) is 127 cm³/mol. The van der Waals surface area contributed by atoms with Crippen molar-refractivity contribution in [2.75, 3.05) is 4.90 Å². The maximum absolute atomic E-state index is 6.18. The Bertz CT molecular complexity index is 1440. The number of benzene rings is 1. The van der Waals surface area contributed by atoms with Crippen molar-refractivity contribution in [2.45, 2.75) is 26.3 Å². The van der Waals surface area contributed by atoms with E-state index in [-0.39, 0.29) is 6.04 Å². The molecule has 1 atom stereocenters. The van der Waals surface area contributed by atoms with Gasteiger partial charge in [-0.3, -0.25) is 9.67 Å². The molecule has 5 aromatic rings. The SMILES string of the molecule is CCC1c2nnc(C)n2-c2cnc(-c3cn[nH]c3-c3nccs3)nc2N1c1ccc(Cl)cc1. The lowest BCUT2D eigenvalue weighted by Crippen LogP contribution is -2.32. The molecule has 0 radical (unpaired) electrons. The quantitative estimate of drug-likeness (QED) is 0.384. The number of anilines is 2. The van der Waals surface area contributed by atoms with Crippen LogP contribution >= 0.6 is 22.9 Å². The van der Waals surface area contributed by atoms with Crippen LogP contribution in [0.2, 0.25) is 5.02 Å². The minimum absolute atomic E-state index is 0.0505. The second kappa shape index (κ2) is 7.75. The molecule has 1 N–H and O–H groups in total. The lowest BCUT2D eigenvalue weighted by atomic mass is 10.1. The largest absolute Gasteiger partial charge is 0.314 e. The summed E-state index contributed by atoms with van der Waals surface area (Å²) in [4.78, 5) is 16.3. The molecular weight excluding hydrogens is 458 g/mol. The molecule has 33 heavy (non-hydrogen) atoms. The van der Waals surface area contributed by atoms with Gasteiger partial charge in [0.1, 0.15) is 22.2 Å². The Kier molecular flexibility index (Phi) is 4.70. The summed E-state index contributed by atoms with van der Waals surface area (Å²) in [5, 5.41) is 19.6. The molecule has 0 fully saturated rings.